The van der Waals surface area contributed by atoms with Gasteiger partial charge in [0.25, 0.3) is 0 Å². The van der Waals surface area contributed by atoms with E-state index in [0.717, 1.165) is 5.82 Å². The number of aromatic nitrogens is 2. The van der Waals surface area contributed by atoms with Gasteiger partial charge in [-0.25, -0.2) is 14.2 Å². The van der Waals surface area contributed by atoms with Crippen molar-refractivity contribution in [1.29, 1.82) is 0 Å². The average Bonchev–Trinajstić information content (AvgIpc) is 3.11. The number of aliphatic imine (C=N–C) groups is 1. The highest BCUT2D eigenvalue weighted by Gasteiger charge is 2.32. The molecule has 0 saturated carbocycles. The van der Waals surface area contributed by atoms with Crippen molar-refractivity contribution in [3.63, 3.8) is 0 Å². The lowest BCUT2D eigenvalue weighted by Crippen LogP contribution is -2.33. The highest BCUT2D eigenvalue weighted by Crippen LogP contribution is 2.36. The van der Waals surface area contributed by atoms with Gasteiger partial charge in [0.05, 0.1) is 12.2 Å². The summed E-state index contributed by atoms with van der Waals surface area (Å²) in [4.78, 5) is 21.9. The number of hydrogen-bond donors (Lipinski definition) is 1. The molecule has 1 aliphatic rings. The van der Waals surface area contributed by atoms with E-state index >= 15 is 0 Å². The minimum Gasteiger partial charge on any atom is -0.463 e. The Bertz CT molecular complexity index is 971. The van der Waals surface area contributed by atoms with Gasteiger partial charge in [0.1, 0.15) is 17.7 Å². The maximum atomic E-state index is 13.6. The molecule has 1 aromatic heterocycles. The number of rotatable bonds is 5. The number of carbonyl (C=O) groups is 1. The fraction of sp³-hybridized carbons (Fsp3) is 0.368. The predicted molar refractivity (Wildman–Crippen MR) is 110 cm³/mol. The van der Waals surface area contributed by atoms with Crippen LogP contribution in [0.2, 0.25) is 0 Å². The lowest BCUT2D eigenvalue weighted by Gasteiger charge is -2.26. The van der Waals surface area contributed by atoms with Gasteiger partial charge in [-0.15, -0.1) is 0 Å². The standard InChI is InChI=1S/C19H20BrFN4O2S/c1-5-27-19(26)14-10(4)22-17(18-24-16(9(2)3)25-28-18)23-15(14)12-7-6-11(21)8-13(12)20/h6-9,15H,5H2,1-4H3,(H,22,23). The Hall–Kier alpha value is -2.13. The molecule has 0 fully saturated rings. The van der Waals surface area contributed by atoms with E-state index < -0.39 is 12.0 Å². The zero-order valence-electron chi connectivity index (χ0n) is 15.9. The number of benzene rings is 1. The van der Waals surface area contributed by atoms with Crippen LogP contribution in [0.1, 0.15) is 56.1 Å². The molecule has 0 bridgehead atoms. The monoisotopic (exact) mass is 466 g/mol. The first-order chi connectivity index (χ1) is 13.3. The number of nitrogens with one attached hydrogen (secondary N) is 1. The third-order valence-electron chi connectivity index (χ3n) is 4.15. The quantitative estimate of drug-likeness (QED) is 0.656. The SMILES string of the molecule is CCOC(=O)C1=C(C)NC(c2nc(C(C)C)ns2)=NC1c1ccc(F)cc1Br. The Labute approximate surface area is 175 Å². The normalized spacial score (nSPS) is 16.8. The third-order valence-corrected chi connectivity index (χ3v) is 5.58. The molecule has 0 amide bonds. The van der Waals surface area contributed by atoms with Gasteiger partial charge < -0.3 is 10.1 Å². The molecule has 0 aliphatic carbocycles. The molecule has 1 N–H and O–H groups in total. The summed E-state index contributed by atoms with van der Waals surface area (Å²) in [5.74, 6) is 0.621. The van der Waals surface area contributed by atoms with E-state index in [-0.39, 0.29) is 18.3 Å². The molecule has 0 spiro atoms. The molecule has 1 atom stereocenters. The average molecular weight is 467 g/mol. The van der Waals surface area contributed by atoms with Gasteiger partial charge in [-0.05, 0) is 43.1 Å². The first-order valence-corrected chi connectivity index (χ1v) is 10.4. The first-order valence-electron chi connectivity index (χ1n) is 8.83. The molecule has 0 saturated heterocycles. The summed E-state index contributed by atoms with van der Waals surface area (Å²) in [6, 6.07) is 3.66. The summed E-state index contributed by atoms with van der Waals surface area (Å²) in [7, 11) is 0. The highest BCUT2D eigenvalue weighted by molar-refractivity contribution is 9.10. The fourth-order valence-electron chi connectivity index (χ4n) is 2.77. The molecule has 3 rings (SSSR count). The van der Waals surface area contributed by atoms with Gasteiger partial charge in [-0.2, -0.15) is 4.37 Å². The number of ether oxygens (including phenoxy) is 1. The van der Waals surface area contributed by atoms with Crippen LogP contribution < -0.4 is 5.32 Å². The van der Waals surface area contributed by atoms with E-state index in [9.17, 15) is 9.18 Å². The Morgan fingerprint density at radius 3 is 2.79 bits per heavy atom. The van der Waals surface area contributed by atoms with Crippen LogP contribution in [0.5, 0.6) is 0 Å². The van der Waals surface area contributed by atoms with Crippen LogP contribution in [0, 0.1) is 5.82 Å². The smallest absolute Gasteiger partial charge is 0.338 e. The van der Waals surface area contributed by atoms with E-state index in [0.29, 0.717) is 32.1 Å². The maximum absolute atomic E-state index is 13.6. The van der Waals surface area contributed by atoms with Crippen molar-refractivity contribution < 1.29 is 13.9 Å². The van der Waals surface area contributed by atoms with Crippen LogP contribution in [-0.4, -0.2) is 27.8 Å². The molecule has 148 valence electrons. The van der Waals surface area contributed by atoms with Crippen molar-refractivity contribution in [2.45, 2.75) is 39.7 Å². The Morgan fingerprint density at radius 2 is 2.18 bits per heavy atom. The largest absolute Gasteiger partial charge is 0.463 e. The van der Waals surface area contributed by atoms with Gasteiger partial charge >= 0.3 is 5.97 Å². The number of amidine groups is 1. The topological polar surface area (TPSA) is 76.5 Å². The second-order valence-corrected chi connectivity index (χ2v) is 8.15. The van der Waals surface area contributed by atoms with Crippen molar-refractivity contribution in [1.82, 2.24) is 14.7 Å². The molecule has 6 nitrogen and oxygen atoms in total. The van der Waals surface area contributed by atoms with Crippen LogP contribution in [0.3, 0.4) is 0 Å². The maximum Gasteiger partial charge on any atom is 0.338 e. The van der Waals surface area contributed by atoms with E-state index in [2.05, 4.69) is 30.6 Å². The minimum absolute atomic E-state index is 0.197. The van der Waals surface area contributed by atoms with Crippen molar-refractivity contribution >= 4 is 39.3 Å². The van der Waals surface area contributed by atoms with Gasteiger partial charge in [-0.3, -0.25) is 4.99 Å². The number of allylic oxidation sites excluding steroid dienone is 1. The molecule has 9 heteroatoms. The number of hydrogen-bond acceptors (Lipinski definition) is 7. The van der Waals surface area contributed by atoms with E-state index in [1.54, 1.807) is 19.9 Å². The van der Waals surface area contributed by atoms with E-state index in [4.69, 9.17) is 9.73 Å². The van der Waals surface area contributed by atoms with Gasteiger partial charge in [-0.1, -0.05) is 35.8 Å². The van der Waals surface area contributed by atoms with Crippen LogP contribution >= 0.6 is 27.5 Å². The lowest BCUT2D eigenvalue weighted by molar-refractivity contribution is -0.138. The number of nitrogens with zero attached hydrogens (tertiary/aromatic N) is 3. The highest BCUT2D eigenvalue weighted by atomic mass is 79.9. The van der Waals surface area contributed by atoms with Gasteiger partial charge in [0.2, 0.25) is 0 Å². The zero-order chi connectivity index (χ0) is 20.4. The predicted octanol–water partition coefficient (Wildman–Crippen LogP) is 4.49. The Balaban J connectivity index is 2.09. The molecular weight excluding hydrogens is 447 g/mol. The lowest BCUT2D eigenvalue weighted by atomic mass is 9.96. The van der Waals surface area contributed by atoms with Crippen molar-refractivity contribution in [3.8, 4) is 0 Å². The third kappa shape index (κ3) is 4.15. The molecule has 0 radical (unpaired) electrons. The Kier molecular flexibility index (Phi) is 6.24. The minimum atomic E-state index is -0.656. The van der Waals surface area contributed by atoms with E-state index in [1.165, 1.54) is 23.7 Å². The summed E-state index contributed by atoms with van der Waals surface area (Å²) in [5.41, 5.74) is 1.66. The summed E-state index contributed by atoms with van der Waals surface area (Å²) in [5, 5.41) is 3.79. The molecule has 2 aromatic rings. The zero-order valence-corrected chi connectivity index (χ0v) is 18.3. The summed E-state index contributed by atoms with van der Waals surface area (Å²) < 4.78 is 23.7. The molecule has 1 aromatic carbocycles. The van der Waals surface area contributed by atoms with Crippen LogP contribution in [0.25, 0.3) is 0 Å². The number of carbonyl (C=O) groups excluding carboxylic acids is 1. The van der Waals surface area contributed by atoms with Crippen LogP contribution in [0.15, 0.2) is 38.9 Å². The van der Waals surface area contributed by atoms with Crippen LogP contribution in [-0.2, 0) is 9.53 Å². The van der Waals surface area contributed by atoms with Crippen molar-refractivity contribution in [3.05, 3.63) is 56.2 Å². The first kappa shape index (κ1) is 20.6. The van der Waals surface area contributed by atoms with Gasteiger partial charge in [0, 0.05) is 16.1 Å². The van der Waals surface area contributed by atoms with Gasteiger partial charge in [0.15, 0.2) is 10.8 Å². The number of esters is 1. The summed E-state index contributed by atoms with van der Waals surface area (Å²) in [6.45, 7) is 7.82. The van der Waals surface area contributed by atoms with E-state index in [1.807, 2.05) is 13.8 Å². The second kappa shape index (κ2) is 8.48. The summed E-state index contributed by atoms with van der Waals surface area (Å²) in [6.07, 6.45) is 0. The molecule has 2 heterocycles. The molecule has 1 aliphatic heterocycles. The summed E-state index contributed by atoms with van der Waals surface area (Å²) >= 11 is 4.63. The Morgan fingerprint density at radius 1 is 1.43 bits per heavy atom. The molecule has 28 heavy (non-hydrogen) atoms. The molecular formula is C19H20BrFN4O2S. The second-order valence-electron chi connectivity index (χ2n) is 6.54. The number of halogens is 2. The fourth-order valence-corrected chi connectivity index (χ4v) is 4.10. The molecule has 1 unspecified atom stereocenters. The van der Waals surface area contributed by atoms with Crippen LogP contribution in [0.4, 0.5) is 4.39 Å². The van der Waals surface area contributed by atoms with Crippen molar-refractivity contribution in [2.24, 2.45) is 4.99 Å². The van der Waals surface area contributed by atoms with Crippen molar-refractivity contribution in [2.75, 3.05) is 6.61 Å².